The number of carbonyl (C=O) groups excluding carboxylic acids is 1. The highest BCUT2D eigenvalue weighted by atomic mass is 16.5. The number of nitrogens with one attached hydrogen (secondary N) is 2. The Morgan fingerprint density at radius 2 is 2.20 bits per heavy atom. The van der Waals surface area contributed by atoms with Crippen molar-refractivity contribution in [1.29, 1.82) is 5.41 Å². The Labute approximate surface area is 55.6 Å². The number of amides is 1. The minimum absolute atomic E-state index is 0.728. The standard InChI is InChI=1S/C3H6N4O3/c4-2(5)1(6-9)3(8)7-10/h9-10H,(H3,4,5)(H,7,8)/b6-1-. The summed E-state index contributed by atoms with van der Waals surface area (Å²) in [6.45, 7) is 0. The van der Waals surface area contributed by atoms with Crippen LogP contribution < -0.4 is 11.2 Å². The highest BCUT2D eigenvalue weighted by Gasteiger charge is 2.13. The number of hydroxylamine groups is 1. The molecular weight excluding hydrogens is 140 g/mol. The molecule has 0 unspecified atom stereocenters. The summed E-state index contributed by atoms with van der Waals surface area (Å²) in [5.74, 6) is -1.86. The molecule has 0 saturated heterocycles. The van der Waals surface area contributed by atoms with E-state index in [0.717, 1.165) is 5.48 Å². The summed E-state index contributed by atoms with van der Waals surface area (Å²) in [5, 5.41) is 24.9. The van der Waals surface area contributed by atoms with Crippen LogP contribution in [0.5, 0.6) is 0 Å². The van der Waals surface area contributed by atoms with E-state index in [1.54, 1.807) is 0 Å². The van der Waals surface area contributed by atoms with E-state index in [2.05, 4.69) is 5.16 Å². The van der Waals surface area contributed by atoms with Crippen LogP contribution in [-0.4, -0.2) is 27.9 Å². The van der Waals surface area contributed by atoms with E-state index in [9.17, 15) is 4.79 Å². The monoisotopic (exact) mass is 146 g/mol. The molecule has 0 radical (unpaired) electrons. The van der Waals surface area contributed by atoms with Crippen LogP contribution in [0.1, 0.15) is 0 Å². The first kappa shape index (κ1) is 8.37. The molecule has 1 amide bonds. The zero-order chi connectivity index (χ0) is 8.15. The molecule has 0 spiro atoms. The molecule has 0 aromatic carbocycles. The summed E-state index contributed by atoms with van der Waals surface area (Å²) in [5.41, 5.74) is 5.16. The summed E-state index contributed by atoms with van der Waals surface area (Å²) < 4.78 is 0. The third-order valence-electron chi connectivity index (χ3n) is 0.672. The van der Waals surface area contributed by atoms with Gasteiger partial charge in [-0.1, -0.05) is 5.16 Å². The second-order valence-electron chi connectivity index (χ2n) is 1.30. The Kier molecular flexibility index (Phi) is 2.85. The van der Waals surface area contributed by atoms with E-state index in [4.69, 9.17) is 21.6 Å². The molecule has 0 aliphatic heterocycles. The van der Waals surface area contributed by atoms with Crippen LogP contribution in [0.2, 0.25) is 0 Å². The molecule has 0 rings (SSSR count). The molecule has 0 bridgehead atoms. The van der Waals surface area contributed by atoms with E-state index < -0.39 is 17.5 Å². The van der Waals surface area contributed by atoms with Crippen LogP contribution in [0.15, 0.2) is 5.16 Å². The third-order valence-corrected chi connectivity index (χ3v) is 0.672. The predicted molar refractivity (Wildman–Crippen MR) is 31.1 cm³/mol. The summed E-state index contributed by atoms with van der Waals surface area (Å²) in [6, 6.07) is 0. The van der Waals surface area contributed by atoms with Gasteiger partial charge in [-0.15, -0.1) is 0 Å². The SMILES string of the molecule is N=C(N)/C(=N/O)C(=O)NO. The molecule has 0 aliphatic rings. The van der Waals surface area contributed by atoms with Crippen molar-refractivity contribution in [3.05, 3.63) is 0 Å². The smallest absolute Gasteiger partial charge is 0.300 e. The van der Waals surface area contributed by atoms with Gasteiger partial charge in [0.25, 0.3) is 5.91 Å². The minimum Gasteiger partial charge on any atom is -0.410 e. The quantitative estimate of drug-likeness (QED) is 0.104. The van der Waals surface area contributed by atoms with Crippen LogP contribution in [-0.2, 0) is 4.79 Å². The van der Waals surface area contributed by atoms with Gasteiger partial charge in [0, 0.05) is 0 Å². The molecule has 0 aliphatic carbocycles. The van der Waals surface area contributed by atoms with Gasteiger partial charge in [-0.2, -0.15) is 0 Å². The van der Waals surface area contributed by atoms with E-state index >= 15 is 0 Å². The Bertz CT molecular complexity index is 186. The number of nitrogens with zero attached hydrogens (tertiary/aromatic N) is 1. The number of nitrogens with two attached hydrogens (primary N) is 1. The number of hydrogen-bond acceptors (Lipinski definition) is 5. The van der Waals surface area contributed by atoms with Crippen molar-refractivity contribution in [2.75, 3.05) is 0 Å². The van der Waals surface area contributed by atoms with Gasteiger partial charge in [0.2, 0.25) is 5.71 Å². The van der Waals surface area contributed by atoms with Gasteiger partial charge in [-0.3, -0.25) is 15.4 Å². The fraction of sp³-hybridized carbons (Fsp3) is 0. The van der Waals surface area contributed by atoms with Crippen molar-refractivity contribution >= 4 is 17.5 Å². The van der Waals surface area contributed by atoms with Crippen molar-refractivity contribution in [1.82, 2.24) is 5.48 Å². The average Bonchev–Trinajstić information content (AvgIpc) is 1.88. The van der Waals surface area contributed by atoms with Crippen molar-refractivity contribution in [3.8, 4) is 0 Å². The lowest BCUT2D eigenvalue weighted by Crippen LogP contribution is -2.37. The van der Waals surface area contributed by atoms with Crippen LogP contribution >= 0.6 is 0 Å². The molecule has 56 valence electrons. The second-order valence-corrected chi connectivity index (χ2v) is 1.30. The molecule has 0 atom stereocenters. The van der Waals surface area contributed by atoms with Gasteiger partial charge < -0.3 is 10.9 Å². The van der Waals surface area contributed by atoms with Gasteiger partial charge in [0.1, 0.15) is 0 Å². The number of carbonyl (C=O) groups is 1. The number of hydrogen-bond donors (Lipinski definition) is 5. The number of amidine groups is 1. The van der Waals surface area contributed by atoms with E-state index in [1.165, 1.54) is 0 Å². The Morgan fingerprint density at radius 3 is 2.30 bits per heavy atom. The second kappa shape index (κ2) is 3.41. The first-order chi connectivity index (χ1) is 4.63. The van der Waals surface area contributed by atoms with Crippen molar-refractivity contribution in [3.63, 3.8) is 0 Å². The molecule has 10 heavy (non-hydrogen) atoms. The lowest BCUT2D eigenvalue weighted by Gasteiger charge is -1.96. The number of oxime groups is 1. The molecule has 7 nitrogen and oxygen atoms in total. The van der Waals surface area contributed by atoms with E-state index in [1.807, 2.05) is 0 Å². The lowest BCUT2D eigenvalue weighted by molar-refractivity contribution is -0.122. The van der Waals surface area contributed by atoms with Gasteiger partial charge in [0.15, 0.2) is 5.84 Å². The molecule has 0 aromatic rings. The maximum absolute atomic E-state index is 10.3. The average molecular weight is 146 g/mol. The van der Waals surface area contributed by atoms with Crippen LogP contribution in [0.25, 0.3) is 0 Å². The summed E-state index contributed by atoms with van der Waals surface area (Å²) in [7, 11) is 0. The first-order valence-corrected chi connectivity index (χ1v) is 2.14. The molecule has 0 fully saturated rings. The molecule has 7 heteroatoms. The summed E-state index contributed by atoms with van der Waals surface area (Å²) in [6.07, 6.45) is 0. The largest absolute Gasteiger partial charge is 0.410 e. The maximum atomic E-state index is 10.3. The zero-order valence-electron chi connectivity index (χ0n) is 4.83. The van der Waals surface area contributed by atoms with Gasteiger partial charge >= 0.3 is 0 Å². The topological polar surface area (TPSA) is 132 Å². The first-order valence-electron chi connectivity index (χ1n) is 2.14. The summed E-state index contributed by atoms with van der Waals surface area (Å²) in [4.78, 5) is 10.3. The minimum atomic E-state index is -1.13. The predicted octanol–water partition coefficient (Wildman–Crippen LogP) is -1.74. The molecule has 0 saturated carbocycles. The molecule has 0 aromatic heterocycles. The van der Waals surface area contributed by atoms with Crippen LogP contribution in [0, 0.1) is 5.41 Å². The zero-order valence-corrected chi connectivity index (χ0v) is 4.83. The lowest BCUT2D eigenvalue weighted by atomic mass is 10.3. The highest BCUT2D eigenvalue weighted by molar-refractivity contribution is 6.65. The normalized spacial score (nSPS) is 10.7. The Morgan fingerprint density at radius 1 is 1.70 bits per heavy atom. The van der Waals surface area contributed by atoms with Gasteiger partial charge in [-0.05, 0) is 0 Å². The van der Waals surface area contributed by atoms with Gasteiger partial charge in [0.05, 0.1) is 0 Å². The van der Waals surface area contributed by atoms with Crippen LogP contribution in [0.4, 0.5) is 0 Å². The van der Waals surface area contributed by atoms with E-state index in [0.29, 0.717) is 0 Å². The van der Waals surface area contributed by atoms with Crippen molar-refractivity contribution in [2.45, 2.75) is 0 Å². The van der Waals surface area contributed by atoms with Crippen LogP contribution in [0.3, 0.4) is 0 Å². The highest BCUT2D eigenvalue weighted by Crippen LogP contribution is 1.74. The van der Waals surface area contributed by atoms with Crippen molar-refractivity contribution in [2.24, 2.45) is 10.9 Å². The van der Waals surface area contributed by atoms with Gasteiger partial charge in [-0.25, -0.2) is 5.48 Å². The Hall–Kier alpha value is -1.63. The number of rotatable bonds is 2. The van der Waals surface area contributed by atoms with E-state index in [-0.39, 0.29) is 0 Å². The Balaban J connectivity index is 4.39. The molecule has 0 heterocycles. The summed E-state index contributed by atoms with van der Waals surface area (Å²) >= 11 is 0. The maximum Gasteiger partial charge on any atom is 0.300 e. The molecule has 6 N–H and O–H groups in total. The van der Waals surface area contributed by atoms with Crippen molar-refractivity contribution < 1.29 is 15.2 Å². The third kappa shape index (κ3) is 1.71. The molecular formula is C3H6N4O3. The fourth-order valence-electron chi connectivity index (χ4n) is 0.275. The fourth-order valence-corrected chi connectivity index (χ4v) is 0.275.